The van der Waals surface area contributed by atoms with E-state index in [2.05, 4.69) is 4.74 Å². The Morgan fingerprint density at radius 2 is 2.13 bits per heavy atom. The molecule has 0 amide bonds. The van der Waals surface area contributed by atoms with E-state index in [1.165, 1.54) is 14.2 Å². The van der Waals surface area contributed by atoms with Gasteiger partial charge in [-0.1, -0.05) is 0 Å². The zero-order chi connectivity index (χ0) is 11.5. The first-order chi connectivity index (χ1) is 7.02. The maximum atomic E-state index is 11.9. The van der Waals surface area contributed by atoms with Gasteiger partial charge in [-0.05, 0) is 19.8 Å². The molecule has 0 radical (unpaired) electrons. The van der Waals surface area contributed by atoms with Gasteiger partial charge >= 0.3 is 13.6 Å². The highest BCUT2D eigenvalue weighted by molar-refractivity contribution is 7.53. The minimum absolute atomic E-state index is 0.321. The number of rotatable bonds is 2. The van der Waals surface area contributed by atoms with Crippen molar-refractivity contribution in [3.63, 3.8) is 0 Å². The van der Waals surface area contributed by atoms with Crippen LogP contribution < -0.4 is 0 Å². The molecule has 1 atom stereocenters. The molecule has 6 heteroatoms. The molecule has 0 aromatic heterocycles. The Morgan fingerprint density at radius 3 is 2.67 bits per heavy atom. The molecule has 86 valence electrons. The highest BCUT2D eigenvalue weighted by Gasteiger charge is 2.30. The molecule has 0 fully saturated rings. The van der Waals surface area contributed by atoms with Gasteiger partial charge in [0, 0.05) is 7.11 Å². The molecular weight excluding hydrogens is 219 g/mol. The average Bonchev–Trinajstić information content (AvgIpc) is 2.37. The maximum Gasteiger partial charge on any atom is 0.378 e. The topological polar surface area (TPSA) is 61.8 Å². The number of allylic oxidation sites excluding steroid dienone is 1. The molecule has 1 aliphatic heterocycles. The minimum Gasteiger partial charge on any atom is -0.466 e. The molecule has 0 saturated carbocycles. The third kappa shape index (κ3) is 2.83. The Bertz CT molecular complexity index is 333. The lowest BCUT2D eigenvalue weighted by molar-refractivity contribution is -0.136. The Morgan fingerprint density at radius 1 is 1.47 bits per heavy atom. The van der Waals surface area contributed by atoms with Gasteiger partial charge in [0.25, 0.3) is 0 Å². The number of methoxy groups -OCH3 is 1. The second kappa shape index (κ2) is 4.81. The molecule has 0 aromatic rings. The summed E-state index contributed by atoms with van der Waals surface area (Å²) in [7, 11) is -0.394. The average molecular weight is 234 g/mol. The summed E-state index contributed by atoms with van der Waals surface area (Å²) in [5.74, 6) is -0.0958. The first-order valence-electron chi connectivity index (χ1n) is 4.65. The summed E-state index contributed by atoms with van der Waals surface area (Å²) in [6.07, 6.45) is 1.42. The number of carbonyl (C=O) groups is 1. The smallest absolute Gasteiger partial charge is 0.378 e. The number of carbonyl (C=O) groups excluding carboxylic acids is 1. The molecular formula is C9H15O5P. The van der Waals surface area contributed by atoms with Crippen LogP contribution >= 0.6 is 7.60 Å². The lowest BCUT2D eigenvalue weighted by Gasteiger charge is -2.15. The van der Waals surface area contributed by atoms with Crippen molar-refractivity contribution in [3.05, 3.63) is 11.3 Å². The van der Waals surface area contributed by atoms with E-state index in [0.29, 0.717) is 30.3 Å². The largest absolute Gasteiger partial charge is 0.466 e. The van der Waals surface area contributed by atoms with E-state index in [0.717, 1.165) is 0 Å². The van der Waals surface area contributed by atoms with Gasteiger partial charge in [-0.15, -0.1) is 0 Å². The third-order valence-electron chi connectivity index (χ3n) is 2.27. The lowest BCUT2D eigenvalue weighted by atomic mass is 10.1. The quantitative estimate of drug-likeness (QED) is 0.540. The first kappa shape index (κ1) is 12.3. The van der Waals surface area contributed by atoms with Crippen molar-refractivity contribution < 1.29 is 23.1 Å². The van der Waals surface area contributed by atoms with Crippen LogP contribution in [0, 0.1) is 0 Å². The van der Waals surface area contributed by atoms with E-state index in [9.17, 15) is 9.36 Å². The molecule has 1 heterocycles. The SMILES string of the molecule is COC(=O)C1=C(C)OP(=O)(OC)CCC1. The van der Waals surface area contributed by atoms with Gasteiger partial charge in [0.05, 0.1) is 18.8 Å². The van der Waals surface area contributed by atoms with Crippen LogP contribution in [-0.4, -0.2) is 26.4 Å². The molecule has 0 N–H and O–H groups in total. The molecule has 0 bridgehead atoms. The molecule has 0 saturated heterocycles. The Hall–Kier alpha value is -0.800. The van der Waals surface area contributed by atoms with Crippen LogP contribution in [0.3, 0.4) is 0 Å². The molecule has 1 unspecified atom stereocenters. The van der Waals surface area contributed by atoms with Crippen LogP contribution in [-0.2, 0) is 23.1 Å². The Kier molecular flexibility index (Phi) is 3.94. The summed E-state index contributed by atoms with van der Waals surface area (Å²) in [5, 5.41) is 0. The van der Waals surface area contributed by atoms with Gasteiger partial charge in [-0.25, -0.2) is 9.36 Å². The van der Waals surface area contributed by atoms with Crippen molar-refractivity contribution in [1.82, 2.24) is 0 Å². The Labute approximate surface area is 88.9 Å². The summed E-state index contributed by atoms with van der Waals surface area (Å²) >= 11 is 0. The highest BCUT2D eigenvalue weighted by Crippen LogP contribution is 2.52. The summed E-state index contributed by atoms with van der Waals surface area (Å²) in [6.45, 7) is 1.60. The van der Waals surface area contributed by atoms with Crippen molar-refractivity contribution in [3.8, 4) is 0 Å². The van der Waals surface area contributed by atoms with Crippen LogP contribution in [0.15, 0.2) is 11.3 Å². The summed E-state index contributed by atoms with van der Waals surface area (Å²) in [6, 6.07) is 0. The van der Waals surface area contributed by atoms with Crippen LogP contribution in [0.25, 0.3) is 0 Å². The molecule has 15 heavy (non-hydrogen) atoms. The van der Waals surface area contributed by atoms with E-state index in [-0.39, 0.29) is 0 Å². The number of esters is 1. The van der Waals surface area contributed by atoms with Crippen molar-refractivity contribution in [2.24, 2.45) is 0 Å². The van der Waals surface area contributed by atoms with Gasteiger partial charge in [0.15, 0.2) is 0 Å². The zero-order valence-electron chi connectivity index (χ0n) is 9.11. The van der Waals surface area contributed by atoms with Crippen molar-refractivity contribution in [2.45, 2.75) is 19.8 Å². The second-order valence-electron chi connectivity index (χ2n) is 3.24. The van der Waals surface area contributed by atoms with Crippen molar-refractivity contribution >= 4 is 13.6 Å². The lowest BCUT2D eigenvalue weighted by Crippen LogP contribution is -2.06. The van der Waals surface area contributed by atoms with Crippen LogP contribution in [0.5, 0.6) is 0 Å². The normalized spacial score (nSPS) is 26.9. The monoisotopic (exact) mass is 234 g/mol. The van der Waals surface area contributed by atoms with Gasteiger partial charge in [-0.3, -0.25) is 0 Å². The summed E-state index contributed by atoms with van der Waals surface area (Å²) in [4.78, 5) is 11.3. The van der Waals surface area contributed by atoms with Crippen LogP contribution in [0.4, 0.5) is 0 Å². The number of hydrogen-bond acceptors (Lipinski definition) is 5. The van der Waals surface area contributed by atoms with E-state index < -0.39 is 13.6 Å². The third-order valence-corrected chi connectivity index (χ3v) is 4.24. The van der Waals surface area contributed by atoms with E-state index >= 15 is 0 Å². The maximum absolute atomic E-state index is 11.9. The second-order valence-corrected chi connectivity index (χ2v) is 5.45. The molecule has 1 aliphatic rings. The summed E-state index contributed by atoms with van der Waals surface area (Å²) in [5.41, 5.74) is 0.437. The van der Waals surface area contributed by atoms with Gasteiger partial charge in [0.2, 0.25) is 0 Å². The highest BCUT2D eigenvalue weighted by atomic mass is 31.2. The minimum atomic E-state index is -3.05. The standard InChI is InChI=1S/C9H15O5P/c1-7-8(9(10)12-2)5-4-6-15(11,13-3)14-7/h4-6H2,1-3H3. The Balaban J connectivity index is 2.94. The van der Waals surface area contributed by atoms with Crippen molar-refractivity contribution in [2.75, 3.05) is 20.4 Å². The predicted molar refractivity (Wildman–Crippen MR) is 54.5 cm³/mol. The van der Waals surface area contributed by atoms with E-state index in [4.69, 9.17) is 9.05 Å². The molecule has 5 nitrogen and oxygen atoms in total. The molecule has 0 aliphatic carbocycles. The van der Waals surface area contributed by atoms with Crippen molar-refractivity contribution in [1.29, 1.82) is 0 Å². The number of ether oxygens (including phenoxy) is 1. The molecule has 0 aromatic carbocycles. The van der Waals surface area contributed by atoms with E-state index in [1.807, 2.05) is 0 Å². The van der Waals surface area contributed by atoms with Gasteiger partial charge in [-0.2, -0.15) is 0 Å². The van der Waals surface area contributed by atoms with Crippen LogP contribution in [0.2, 0.25) is 0 Å². The number of hydrogen-bond donors (Lipinski definition) is 0. The molecule has 0 spiro atoms. The fraction of sp³-hybridized carbons (Fsp3) is 0.667. The fourth-order valence-corrected chi connectivity index (χ4v) is 2.85. The van der Waals surface area contributed by atoms with Gasteiger partial charge < -0.3 is 13.8 Å². The van der Waals surface area contributed by atoms with Gasteiger partial charge in [0.1, 0.15) is 5.76 Å². The van der Waals surface area contributed by atoms with E-state index in [1.54, 1.807) is 6.92 Å². The first-order valence-corrected chi connectivity index (χ1v) is 6.37. The fourth-order valence-electron chi connectivity index (χ4n) is 1.43. The summed E-state index contributed by atoms with van der Waals surface area (Å²) < 4.78 is 26.5. The zero-order valence-corrected chi connectivity index (χ0v) is 10.0. The van der Waals surface area contributed by atoms with Crippen LogP contribution in [0.1, 0.15) is 19.8 Å². The predicted octanol–water partition coefficient (Wildman–Crippen LogP) is 2.08. The molecule has 1 rings (SSSR count).